The van der Waals surface area contributed by atoms with Gasteiger partial charge in [0.1, 0.15) is 11.5 Å². The lowest BCUT2D eigenvalue weighted by atomic mass is 9.82. The molecule has 1 amide bonds. The summed E-state index contributed by atoms with van der Waals surface area (Å²) >= 11 is 0. The number of fused-ring (bicyclic) bond motifs is 3. The zero-order chi connectivity index (χ0) is 20.7. The van der Waals surface area contributed by atoms with Crippen molar-refractivity contribution in [1.29, 1.82) is 0 Å². The van der Waals surface area contributed by atoms with E-state index in [-0.39, 0.29) is 36.3 Å². The number of amides is 1. The number of aliphatic hydroxyl groups excluding tert-OH is 1. The Bertz CT molecular complexity index is 1090. The first-order chi connectivity index (χ1) is 14.7. The monoisotopic (exact) mass is 403 g/mol. The van der Waals surface area contributed by atoms with Crippen LogP contribution < -0.4 is 5.32 Å². The first-order valence-electron chi connectivity index (χ1n) is 10.1. The maximum absolute atomic E-state index is 13.8. The van der Waals surface area contributed by atoms with E-state index >= 15 is 0 Å². The fourth-order valence-corrected chi connectivity index (χ4v) is 4.77. The lowest BCUT2D eigenvalue weighted by Gasteiger charge is -2.39. The first kappa shape index (κ1) is 18.8. The number of benzene rings is 2. The molecule has 5 nitrogen and oxygen atoms in total. The van der Waals surface area contributed by atoms with Crippen molar-refractivity contribution in [3.05, 3.63) is 83.9 Å². The van der Waals surface area contributed by atoms with Crippen LogP contribution in [0.2, 0.25) is 0 Å². The molecule has 5 rings (SSSR count). The number of aromatic nitrogens is 1. The van der Waals surface area contributed by atoms with Crippen molar-refractivity contribution in [2.24, 2.45) is 5.92 Å². The Hall–Kier alpha value is -3.25. The summed E-state index contributed by atoms with van der Waals surface area (Å²) in [5.74, 6) is -0.295. The van der Waals surface area contributed by atoms with E-state index in [1.165, 1.54) is 12.1 Å². The molecular formula is C24H22FN3O2. The second kappa shape index (κ2) is 7.54. The Morgan fingerprint density at radius 2 is 2.00 bits per heavy atom. The van der Waals surface area contributed by atoms with Crippen LogP contribution in [0.1, 0.15) is 28.5 Å². The van der Waals surface area contributed by atoms with E-state index in [1.54, 1.807) is 24.4 Å². The van der Waals surface area contributed by atoms with Gasteiger partial charge >= 0.3 is 0 Å². The topological polar surface area (TPSA) is 65.5 Å². The summed E-state index contributed by atoms with van der Waals surface area (Å²) in [6.07, 6.45) is 2.42. The molecule has 3 aromatic rings. The number of carbonyl (C=O) groups excluding carboxylic acids is 1. The summed E-state index contributed by atoms with van der Waals surface area (Å²) in [7, 11) is 0. The van der Waals surface area contributed by atoms with Crippen molar-refractivity contribution >= 4 is 11.6 Å². The van der Waals surface area contributed by atoms with E-state index in [0.29, 0.717) is 12.2 Å². The Labute approximate surface area is 174 Å². The summed E-state index contributed by atoms with van der Waals surface area (Å²) in [6, 6.07) is 17.5. The van der Waals surface area contributed by atoms with Gasteiger partial charge < -0.3 is 15.3 Å². The minimum absolute atomic E-state index is 0.00211. The summed E-state index contributed by atoms with van der Waals surface area (Å²) in [5.41, 5.74) is 4.00. The van der Waals surface area contributed by atoms with Crippen molar-refractivity contribution in [1.82, 2.24) is 9.88 Å². The predicted molar refractivity (Wildman–Crippen MR) is 112 cm³/mol. The highest BCUT2D eigenvalue weighted by Gasteiger charge is 2.46. The van der Waals surface area contributed by atoms with Gasteiger partial charge in [0, 0.05) is 24.3 Å². The third kappa shape index (κ3) is 3.13. The lowest BCUT2D eigenvalue weighted by molar-refractivity contribution is 0.0695. The summed E-state index contributed by atoms with van der Waals surface area (Å²) < 4.78 is 13.8. The fourth-order valence-electron chi connectivity index (χ4n) is 4.77. The van der Waals surface area contributed by atoms with Crippen LogP contribution >= 0.6 is 0 Å². The molecule has 0 radical (unpaired) electrons. The highest BCUT2D eigenvalue weighted by Crippen LogP contribution is 2.47. The van der Waals surface area contributed by atoms with Crippen LogP contribution in [0.5, 0.6) is 0 Å². The van der Waals surface area contributed by atoms with Gasteiger partial charge in [-0.25, -0.2) is 4.39 Å². The molecule has 0 spiro atoms. The third-order valence-electron chi connectivity index (χ3n) is 6.17. The number of halogens is 1. The molecule has 3 atom stereocenters. The smallest absolute Gasteiger partial charge is 0.272 e. The molecule has 2 aromatic carbocycles. The van der Waals surface area contributed by atoms with Gasteiger partial charge in [-0.05, 0) is 59.5 Å². The van der Waals surface area contributed by atoms with Crippen molar-refractivity contribution in [3.8, 4) is 11.1 Å². The van der Waals surface area contributed by atoms with Crippen LogP contribution in [0.25, 0.3) is 11.1 Å². The minimum atomic E-state index is -0.283. The second-order valence-corrected chi connectivity index (χ2v) is 7.86. The van der Waals surface area contributed by atoms with E-state index < -0.39 is 0 Å². The predicted octanol–water partition coefficient (Wildman–Crippen LogP) is 3.88. The van der Waals surface area contributed by atoms with Crippen LogP contribution in [0, 0.1) is 11.7 Å². The van der Waals surface area contributed by atoms with Crippen LogP contribution in [-0.4, -0.2) is 40.1 Å². The van der Waals surface area contributed by atoms with Gasteiger partial charge in [0.05, 0.1) is 18.7 Å². The number of hydrogen-bond acceptors (Lipinski definition) is 4. The number of aliphatic hydroxyl groups is 1. The van der Waals surface area contributed by atoms with Crippen molar-refractivity contribution in [2.45, 2.75) is 18.5 Å². The maximum atomic E-state index is 13.8. The van der Waals surface area contributed by atoms with E-state index in [0.717, 1.165) is 28.8 Å². The molecule has 0 bridgehead atoms. The van der Waals surface area contributed by atoms with Crippen LogP contribution in [0.15, 0.2) is 66.9 Å². The molecule has 1 saturated heterocycles. The van der Waals surface area contributed by atoms with Gasteiger partial charge in [0.25, 0.3) is 5.91 Å². The lowest BCUT2D eigenvalue weighted by Crippen LogP contribution is -2.43. The van der Waals surface area contributed by atoms with Gasteiger partial charge in [-0.2, -0.15) is 0 Å². The molecule has 1 fully saturated rings. The minimum Gasteiger partial charge on any atom is -0.394 e. The zero-order valence-electron chi connectivity index (χ0n) is 16.3. The van der Waals surface area contributed by atoms with Crippen LogP contribution in [0.3, 0.4) is 0 Å². The second-order valence-electron chi connectivity index (χ2n) is 7.86. The van der Waals surface area contributed by atoms with Crippen molar-refractivity contribution in [2.75, 3.05) is 18.5 Å². The molecule has 0 aliphatic carbocycles. The summed E-state index contributed by atoms with van der Waals surface area (Å²) in [4.78, 5) is 19.3. The van der Waals surface area contributed by atoms with Crippen LogP contribution in [-0.2, 0) is 0 Å². The number of rotatable bonds is 3. The molecule has 2 aliphatic heterocycles. The molecule has 152 valence electrons. The first-order valence-corrected chi connectivity index (χ1v) is 10.1. The molecular weight excluding hydrogens is 381 g/mol. The normalized spacial score (nSPS) is 22.2. The number of likely N-dealkylation sites (tertiary alicyclic amines) is 1. The summed E-state index contributed by atoms with van der Waals surface area (Å²) in [6.45, 7) is 0.602. The van der Waals surface area contributed by atoms with E-state index in [9.17, 15) is 14.3 Å². The Kier molecular flexibility index (Phi) is 4.71. The Balaban J connectivity index is 1.58. The highest BCUT2D eigenvalue weighted by atomic mass is 19.1. The number of carbonyl (C=O) groups is 1. The van der Waals surface area contributed by atoms with Gasteiger partial charge in [0.15, 0.2) is 0 Å². The largest absolute Gasteiger partial charge is 0.394 e. The molecule has 2 N–H and O–H groups in total. The average molecular weight is 403 g/mol. The Morgan fingerprint density at radius 3 is 2.77 bits per heavy atom. The molecule has 6 heteroatoms. The van der Waals surface area contributed by atoms with Crippen molar-refractivity contribution in [3.63, 3.8) is 0 Å². The van der Waals surface area contributed by atoms with Gasteiger partial charge in [0.2, 0.25) is 0 Å². The van der Waals surface area contributed by atoms with Crippen molar-refractivity contribution < 1.29 is 14.3 Å². The summed E-state index contributed by atoms with van der Waals surface area (Å²) in [5, 5.41) is 13.4. The van der Waals surface area contributed by atoms with E-state index in [2.05, 4.69) is 10.3 Å². The van der Waals surface area contributed by atoms with Gasteiger partial charge in [-0.3, -0.25) is 9.78 Å². The van der Waals surface area contributed by atoms with E-state index in [4.69, 9.17) is 0 Å². The van der Waals surface area contributed by atoms with Gasteiger partial charge in [-0.1, -0.05) is 24.3 Å². The molecule has 2 aliphatic rings. The number of nitrogens with zero attached hydrogens (tertiary/aromatic N) is 2. The molecule has 0 unspecified atom stereocenters. The van der Waals surface area contributed by atoms with Gasteiger partial charge in [-0.15, -0.1) is 0 Å². The molecule has 1 aromatic heterocycles. The zero-order valence-corrected chi connectivity index (χ0v) is 16.3. The number of pyridine rings is 1. The van der Waals surface area contributed by atoms with Crippen LogP contribution in [0.4, 0.5) is 10.1 Å². The highest BCUT2D eigenvalue weighted by molar-refractivity contribution is 5.93. The SMILES string of the molecule is O=C(c1ccccn1)N1CC[C@H]2[C@H](CO)Nc3ccc(-c4cccc(F)c4)cc3[C@H]21. The number of anilines is 1. The third-order valence-corrected chi connectivity index (χ3v) is 6.17. The average Bonchev–Trinajstić information content (AvgIpc) is 3.24. The quantitative estimate of drug-likeness (QED) is 0.697. The van der Waals surface area contributed by atoms with E-state index in [1.807, 2.05) is 35.2 Å². The number of hydrogen-bond donors (Lipinski definition) is 2. The molecule has 0 saturated carbocycles. The Morgan fingerprint density at radius 1 is 1.13 bits per heavy atom. The molecule has 3 heterocycles. The fraction of sp³-hybridized carbons (Fsp3) is 0.250. The number of nitrogens with one attached hydrogen (secondary N) is 1. The molecule has 30 heavy (non-hydrogen) atoms. The standard InChI is InChI=1S/C24H22FN3O2/c25-17-5-3-4-15(12-17)16-7-8-20-19(13-16)23-18(22(14-29)27-20)9-11-28(23)24(30)21-6-1-2-10-26-21/h1-8,10,12-13,18,22-23,27,29H,9,11,14H2/t18-,22-,23-/m0/s1. The maximum Gasteiger partial charge on any atom is 0.272 e.